The zero-order valence-electron chi connectivity index (χ0n) is 21.1. The quantitative estimate of drug-likeness (QED) is 0.397. The van der Waals surface area contributed by atoms with E-state index in [1.807, 2.05) is 60.7 Å². The van der Waals surface area contributed by atoms with Crippen molar-refractivity contribution in [1.29, 1.82) is 0 Å². The molecule has 0 aliphatic heterocycles. The predicted octanol–water partition coefficient (Wildman–Crippen LogP) is 4.33. The average Bonchev–Trinajstić information content (AvgIpc) is 3.58. The summed E-state index contributed by atoms with van der Waals surface area (Å²) in [5, 5.41) is 23.3. The minimum atomic E-state index is -0.856. The Bertz CT molecular complexity index is 978. The highest BCUT2D eigenvalue weighted by Gasteiger charge is 2.35. The average molecular weight is 527 g/mol. The fourth-order valence-electron chi connectivity index (χ4n) is 4.69. The van der Waals surface area contributed by atoms with Crippen molar-refractivity contribution in [2.75, 3.05) is 0 Å². The molecule has 0 bridgehead atoms. The Kier molecular flexibility index (Phi) is 11.0. The van der Waals surface area contributed by atoms with Crippen LogP contribution < -0.4 is 10.6 Å². The van der Waals surface area contributed by atoms with Crippen LogP contribution in [0, 0.1) is 11.8 Å². The van der Waals surface area contributed by atoms with Gasteiger partial charge >= 0.3 is 24.1 Å². The number of alkyl carbamates (subject to hydrolysis) is 2. The van der Waals surface area contributed by atoms with Crippen molar-refractivity contribution in [3.8, 4) is 0 Å². The lowest BCUT2D eigenvalue weighted by atomic mass is 10.0. The second kappa shape index (κ2) is 14.6. The number of ether oxygens (including phenoxy) is 2. The number of carboxylic acids is 2. The Morgan fingerprint density at radius 1 is 0.632 bits per heavy atom. The van der Waals surface area contributed by atoms with Crippen molar-refractivity contribution in [3.05, 3.63) is 71.8 Å². The van der Waals surface area contributed by atoms with Crippen molar-refractivity contribution < 1.29 is 38.9 Å². The summed E-state index contributed by atoms with van der Waals surface area (Å²) in [6.45, 7) is 0.383. The molecule has 204 valence electrons. The van der Waals surface area contributed by atoms with Gasteiger partial charge in [0.1, 0.15) is 13.2 Å². The van der Waals surface area contributed by atoms with Gasteiger partial charge in [0, 0.05) is 12.1 Å². The first-order valence-corrected chi connectivity index (χ1v) is 12.7. The normalized spacial score (nSPS) is 21.9. The van der Waals surface area contributed by atoms with Gasteiger partial charge in [-0.15, -0.1) is 0 Å². The van der Waals surface area contributed by atoms with Crippen LogP contribution in [-0.4, -0.2) is 46.4 Å². The van der Waals surface area contributed by atoms with Crippen LogP contribution in [0.25, 0.3) is 0 Å². The van der Waals surface area contributed by atoms with E-state index in [-0.39, 0.29) is 25.3 Å². The molecule has 10 nitrogen and oxygen atoms in total. The SMILES string of the molecule is O=C(N[C@@H]1CCC[C@@H]1C(=O)O)OCc1ccccc1.O=C(N[C@H]1CCC[C@H]1C(=O)O)OCc1ccccc1. The molecule has 4 rings (SSSR count). The molecule has 0 aromatic heterocycles. The van der Waals surface area contributed by atoms with Crippen molar-refractivity contribution >= 4 is 24.1 Å². The first kappa shape index (κ1) is 28.5. The highest BCUT2D eigenvalue weighted by atomic mass is 16.6. The van der Waals surface area contributed by atoms with E-state index in [0.29, 0.717) is 25.7 Å². The molecule has 2 aliphatic carbocycles. The molecule has 10 heteroatoms. The number of carboxylic acid groups (broad SMARTS) is 2. The largest absolute Gasteiger partial charge is 0.481 e. The van der Waals surface area contributed by atoms with Gasteiger partial charge in [0.25, 0.3) is 0 Å². The van der Waals surface area contributed by atoms with Crippen LogP contribution in [0.15, 0.2) is 60.7 Å². The maximum atomic E-state index is 11.6. The highest BCUT2D eigenvalue weighted by molar-refractivity contribution is 5.74. The Labute approximate surface area is 221 Å². The van der Waals surface area contributed by atoms with Gasteiger partial charge in [-0.1, -0.05) is 73.5 Å². The lowest BCUT2D eigenvalue weighted by molar-refractivity contribution is -0.143. The second-order valence-electron chi connectivity index (χ2n) is 9.38. The van der Waals surface area contributed by atoms with Gasteiger partial charge in [0.2, 0.25) is 0 Å². The van der Waals surface area contributed by atoms with Gasteiger partial charge in [-0.25, -0.2) is 9.59 Å². The number of benzene rings is 2. The van der Waals surface area contributed by atoms with Crippen LogP contribution in [-0.2, 0) is 32.3 Å². The van der Waals surface area contributed by atoms with E-state index < -0.39 is 36.0 Å². The van der Waals surface area contributed by atoms with Crippen molar-refractivity contribution in [1.82, 2.24) is 10.6 Å². The summed E-state index contributed by atoms with van der Waals surface area (Å²) < 4.78 is 10.2. The summed E-state index contributed by atoms with van der Waals surface area (Å²) in [5.41, 5.74) is 1.80. The molecule has 0 unspecified atom stereocenters. The summed E-state index contributed by atoms with van der Waals surface area (Å²) in [4.78, 5) is 45.2. The maximum Gasteiger partial charge on any atom is 0.407 e. The monoisotopic (exact) mass is 526 g/mol. The van der Waals surface area contributed by atoms with E-state index in [1.165, 1.54) is 0 Å². The van der Waals surface area contributed by atoms with Crippen LogP contribution in [0.2, 0.25) is 0 Å². The molecule has 2 aromatic carbocycles. The number of rotatable bonds is 8. The van der Waals surface area contributed by atoms with E-state index in [1.54, 1.807) is 0 Å². The van der Waals surface area contributed by atoms with Crippen LogP contribution >= 0.6 is 0 Å². The van der Waals surface area contributed by atoms with E-state index in [4.69, 9.17) is 19.7 Å². The van der Waals surface area contributed by atoms with Crippen LogP contribution in [0.5, 0.6) is 0 Å². The molecule has 2 aliphatic rings. The Morgan fingerprint density at radius 2 is 1.00 bits per heavy atom. The Morgan fingerprint density at radius 3 is 1.34 bits per heavy atom. The molecule has 0 saturated heterocycles. The van der Waals surface area contributed by atoms with Gasteiger partial charge in [0.15, 0.2) is 0 Å². The molecule has 2 saturated carbocycles. The number of nitrogens with one attached hydrogen (secondary N) is 2. The molecular weight excluding hydrogens is 492 g/mol. The summed E-state index contributed by atoms with van der Waals surface area (Å²) in [6.07, 6.45) is 3.14. The number of hydrogen-bond acceptors (Lipinski definition) is 6. The topological polar surface area (TPSA) is 151 Å². The first-order chi connectivity index (χ1) is 18.3. The lowest BCUT2D eigenvalue weighted by Crippen LogP contribution is -2.40. The molecule has 2 aromatic rings. The van der Waals surface area contributed by atoms with Crippen molar-refractivity contribution in [3.63, 3.8) is 0 Å². The first-order valence-electron chi connectivity index (χ1n) is 12.7. The summed E-state index contributed by atoms with van der Waals surface area (Å²) >= 11 is 0. The van der Waals surface area contributed by atoms with Crippen LogP contribution in [0.1, 0.15) is 49.7 Å². The fourth-order valence-corrected chi connectivity index (χ4v) is 4.69. The van der Waals surface area contributed by atoms with Crippen LogP contribution in [0.3, 0.4) is 0 Å². The fraction of sp³-hybridized carbons (Fsp3) is 0.429. The zero-order valence-corrected chi connectivity index (χ0v) is 21.1. The molecule has 0 heterocycles. The van der Waals surface area contributed by atoms with Gasteiger partial charge in [-0.3, -0.25) is 9.59 Å². The zero-order chi connectivity index (χ0) is 27.3. The lowest BCUT2D eigenvalue weighted by Gasteiger charge is -2.17. The number of hydrogen-bond donors (Lipinski definition) is 4. The Hall–Kier alpha value is -4.08. The van der Waals surface area contributed by atoms with Gasteiger partial charge in [-0.2, -0.15) is 0 Å². The molecule has 4 atom stereocenters. The molecule has 0 radical (unpaired) electrons. The van der Waals surface area contributed by atoms with Gasteiger partial charge in [0.05, 0.1) is 11.8 Å². The summed E-state index contributed by atoms with van der Waals surface area (Å²) in [6, 6.07) is 18.1. The molecule has 4 N–H and O–H groups in total. The van der Waals surface area contributed by atoms with E-state index in [0.717, 1.165) is 24.0 Å². The smallest absolute Gasteiger partial charge is 0.407 e. The maximum absolute atomic E-state index is 11.6. The third-order valence-electron chi connectivity index (χ3n) is 6.70. The second-order valence-corrected chi connectivity index (χ2v) is 9.38. The van der Waals surface area contributed by atoms with E-state index >= 15 is 0 Å². The van der Waals surface area contributed by atoms with Crippen LogP contribution in [0.4, 0.5) is 9.59 Å². The third-order valence-corrected chi connectivity index (χ3v) is 6.70. The summed E-state index contributed by atoms with van der Waals surface area (Å²) in [7, 11) is 0. The van der Waals surface area contributed by atoms with Crippen molar-refractivity contribution in [2.45, 2.75) is 63.8 Å². The molecule has 2 amide bonds. The number of carbonyl (C=O) groups excluding carboxylic acids is 2. The summed E-state index contributed by atoms with van der Waals surface area (Å²) in [5.74, 6) is -2.70. The standard InChI is InChI=1S/2C14H17NO4/c2*16-13(17)11-7-4-8-12(11)15-14(18)19-9-10-5-2-1-3-6-10/h2*1-3,5-6,11-12H,4,7-9H2,(H,15,18)(H,16,17)/t2*11-,12+/m10/s1. The number of carbonyl (C=O) groups is 4. The van der Waals surface area contributed by atoms with Gasteiger partial charge < -0.3 is 30.3 Å². The molecule has 2 fully saturated rings. The number of aliphatic carboxylic acids is 2. The van der Waals surface area contributed by atoms with Gasteiger partial charge in [-0.05, 0) is 36.8 Å². The molecule has 38 heavy (non-hydrogen) atoms. The van der Waals surface area contributed by atoms with Crippen molar-refractivity contribution in [2.24, 2.45) is 11.8 Å². The van der Waals surface area contributed by atoms with E-state index in [9.17, 15) is 19.2 Å². The molecule has 0 spiro atoms. The molecular formula is C28H34N2O8. The Balaban J connectivity index is 0.000000211. The minimum Gasteiger partial charge on any atom is -0.481 e. The number of amides is 2. The third kappa shape index (κ3) is 9.10. The highest BCUT2D eigenvalue weighted by Crippen LogP contribution is 2.26. The minimum absolute atomic E-state index is 0.192. The van der Waals surface area contributed by atoms with E-state index in [2.05, 4.69) is 10.6 Å². The predicted molar refractivity (Wildman–Crippen MR) is 137 cm³/mol.